The molecule has 4 rings (SSSR count). The summed E-state index contributed by atoms with van der Waals surface area (Å²) in [5.41, 5.74) is 3.34. The van der Waals surface area contributed by atoms with Crippen molar-refractivity contribution in [3.05, 3.63) is 64.9 Å². The number of benzene rings is 2. The van der Waals surface area contributed by atoms with Crippen LogP contribution in [-0.2, 0) is 9.59 Å². The molecule has 30 heavy (non-hydrogen) atoms. The largest absolute Gasteiger partial charge is 0.493 e. The van der Waals surface area contributed by atoms with Gasteiger partial charge in [-0.25, -0.2) is 0 Å². The van der Waals surface area contributed by atoms with Gasteiger partial charge >= 0.3 is 0 Å². The molecule has 0 unspecified atom stereocenters. The molecule has 6 nitrogen and oxygen atoms in total. The first kappa shape index (κ1) is 20.0. The second-order valence-corrected chi connectivity index (χ2v) is 7.59. The van der Waals surface area contributed by atoms with E-state index in [9.17, 15) is 9.59 Å². The first-order valence-electron chi connectivity index (χ1n) is 9.96. The van der Waals surface area contributed by atoms with Crippen molar-refractivity contribution in [2.24, 2.45) is 0 Å². The number of methoxy groups -OCH3 is 3. The van der Waals surface area contributed by atoms with E-state index in [0.717, 1.165) is 16.8 Å². The Morgan fingerprint density at radius 3 is 2.10 bits per heavy atom. The summed E-state index contributed by atoms with van der Waals surface area (Å²) in [6, 6.07) is 13.6. The number of amides is 1. The molecule has 1 amide bonds. The zero-order valence-corrected chi connectivity index (χ0v) is 17.4. The Hall–Kier alpha value is -3.28. The van der Waals surface area contributed by atoms with Crippen LogP contribution in [0.2, 0.25) is 0 Å². The summed E-state index contributed by atoms with van der Waals surface area (Å²) in [4.78, 5) is 25.8. The van der Waals surface area contributed by atoms with Crippen molar-refractivity contribution in [3.63, 3.8) is 0 Å². The van der Waals surface area contributed by atoms with E-state index in [2.05, 4.69) is 5.32 Å². The molecule has 156 valence electrons. The number of ether oxygens (including phenoxy) is 3. The minimum absolute atomic E-state index is 0.0661. The first-order valence-corrected chi connectivity index (χ1v) is 9.96. The minimum atomic E-state index is -0.341. The fourth-order valence-electron chi connectivity index (χ4n) is 4.51. The van der Waals surface area contributed by atoms with Gasteiger partial charge in [-0.05, 0) is 35.6 Å². The zero-order valence-electron chi connectivity index (χ0n) is 17.4. The molecular weight excluding hydrogens is 382 g/mol. The summed E-state index contributed by atoms with van der Waals surface area (Å²) >= 11 is 0. The molecular formula is C24H25NO5. The highest BCUT2D eigenvalue weighted by Gasteiger charge is 2.38. The van der Waals surface area contributed by atoms with Gasteiger partial charge in [0, 0.05) is 30.0 Å². The van der Waals surface area contributed by atoms with Gasteiger partial charge in [0.05, 0.1) is 21.3 Å². The average molecular weight is 407 g/mol. The third-order valence-electron chi connectivity index (χ3n) is 5.90. The van der Waals surface area contributed by atoms with Crippen LogP contribution in [0, 0.1) is 0 Å². The summed E-state index contributed by atoms with van der Waals surface area (Å²) in [6.45, 7) is 0. The molecule has 6 heteroatoms. The molecule has 2 aromatic carbocycles. The Labute approximate surface area is 175 Å². The van der Waals surface area contributed by atoms with E-state index in [1.807, 2.05) is 42.5 Å². The fraction of sp³-hybridized carbons (Fsp3) is 0.333. The van der Waals surface area contributed by atoms with Gasteiger partial charge in [-0.2, -0.15) is 0 Å². The molecule has 1 N–H and O–H groups in total. The Morgan fingerprint density at radius 1 is 0.833 bits per heavy atom. The van der Waals surface area contributed by atoms with E-state index in [1.54, 1.807) is 21.3 Å². The molecule has 0 fully saturated rings. The summed E-state index contributed by atoms with van der Waals surface area (Å²) in [5, 5.41) is 2.96. The Morgan fingerprint density at radius 2 is 1.50 bits per heavy atom. The molecule has 2 aromatic rings. The van der Waals surface area contributed by atoms with Crippen LogP contribution >= 0.6 is 0 Å². The van der Waals surface area contributed by atoms with Gasteiger partial charge in [0.15, 0.2) is 17.3 Å². The number of nitrogens with one attached hydrogen (secondary N) is 1. The molecule has 0 radical (unpaired) electrons. The predicted octanol–water partition coefficient (Wildman–Crippen LogP) is 3.72. The van der Waals surface area contributed by atoms with E-state index in [4.69, 9.17) is 14.2 Å². The Bertz CT molecular complexity index is 987. The van der Waals surface area contributed by atoms with Crippen molar-refractivity contribution in [3.8, 4) is 17.2 Å². The standard InChI is InChI=1S/C24H25NO5/c1-28-20-11-16(12-21(29-2)24(20)30-3)17-13-22(27)25-18-9-15(10-19(26)23(17)18)14-7-5-4-6-8-14/h4-8,11-12,15,17H,9-10,13H2,1-3H3,(H,25,27)/t15-,17-/m0/s1. The van der Waals surface area contributed by atoms with Gasteiger partial charge < -0.3 is 19.5 Å². The molecule has 0 spiro atoms. The van der Waals surface area contributed by atoms with Crippen LogP contribution in [0.4, 0.5) is 0 Å². The van der Waals surface area contributed by atoms with Crippen molar-refractivity contribution in [2.75, 3.05) is 21.3 Å². The van der Waals surface area contributed by atoms with Crippen LogP contribution < -0.4 is 19.5 Å². The van der Waals surface area contributed by atoms with E-state index in [-0.39, 0.29) is 29.9 Å². The van der Waals surface area contributed by atoms with Crippen LogP contribution in [0.3, 0.4) is 0 Å². The van der Waals surface area contributed by atoms with Crippen LogP contribution in [0.25, 0.3) is 0 Å². The van der Waals surface area contributed by atoms with Gasteiger partial charge in [0.2, 0.25) is 11.7 Å². The van der Waals surface area contributed by atoms with Crippen molar-refractivity contribution < 1.29 is 23.8 Å². The molecule has 2 atom stereocenters. The summed E-state index contributed by atoms with van der Waals surface area (Å²) in [6.07, 6.45) is 1.27. The Balaban J connectivity index is 1.77. The summed E-state index contributed by atoms with van der Waals surface area (Å²) in [7, 11) is 4.65. The lowest BCUT2D eigenvalue weighted by Crippen LogP contribution is -2.38. The highest BCUT2D eigenvalue weighted by Crippen LogP contribution is 2.46. The number of ketones is 1. The zero-order chi connectivity index (χ0) is 21.3. The number of hydrogen-bond acceptors (Lipinski definition) is 5. The van der Waals surface area contributed by atoms with Gasteiger partial charge in [0.1, 0.15) is 0 Å². The highest BCUT2D eigenvalue weighted by atomic mass is 16.5. The maximum Gasteiger partial charge on any atom is 0.225 e. The summed E-state index contributed by atoms with van der Waals surface area (Å²) in [5.74, 6) is 1.20. The second kappa shape index (κ2) is 8.22. The second-order valence-electron chi connectivity index (χ2n) is 7.59. The number of Topliss-reactive ketones (excluding diaryl/α,β-unsaturated/α-hetero) is 1. The lowest BCUT2D eigenvalue weighted by atomic mass is 9.73. The maximum absolute atomic E-state index is 13.2. The number of rotatable bonds is 5. The van der Waals surface area contributed by atoms with Crippen LogP contribution in [0.15, 0.2) is 53.7 Å². The van der Waals surface area contributed by atoms with Crippen LogP contribution in [0.1, 0.15) is 42.2 Å². The molecule has 2 aliphatic rings. The lowest BCUT2D eigenvalue weighted by molar-refractivity contribution is -0.122. The van der Waals surface area contributed by atoms with Crippen molar-refractivity contribution >= 4 is 11.7 Å². The first-order chi connectivity index (χ1) is 14.5. The SMILES string of the molecule is COc1cc([C@@H]2CC(=O)NC3=C2C(=O)C[C@@H](c2ccccc2)C3)cc(OC)c1OC. The van der Waals surface area contributed by atoms with Crippen LogP contribution in [-0.4, -0.2) is 33.0 Å². The quantitative estimate of drug-likeness (QED) is 0.818. The van der Waals surface area contributed by atoms with Crippen molar-refractivity contribution in [1.29, 1.82) is 0 Å². The normalized spacial score (nSPS) is 21.0. The van der Waals surface area contributed by atoms with Gasteiger partial charge in [-0.15, -0.1) is 0 Å². The molecule has 1 heterocycles. The van der Waals surface area contributed by atoms with E-state index in [1.165, 1.54) is 0 Å². The monoisotopic (exact) mass is 407 g/mol. The number of carbonyl (C=O) groups excluding carboxylic acids is 2. The fourth-order valence-corrected chi connectivity index (χ4v) is 4.51. The average Bonchev–Trinajstić information content (AvgIpc) is 2.77. The molecule has 0 bridgehead atoms. The third-order valence-corrected chi connectivity index (χ3v) is 5.90. The van der Waals surface area contributed by atoms with Crippen molar-refractivity contribution in [2.45, 2.75) is 31.1 Å². The van der Waals surface area contributed by atoms with Crippen LogP contribution in [0.5, 0.6) is 17.2 Å². The lowest BCUT2D eigenvalue weighted by Gasteiger charge is -2.34. The maximum atomic E-state index is 13.2. The van der Waals surface area contributed by atoms with E-state index < -0.39 is 0 Å². The number of hydrogen-bond donors (Lipinski definition) is 1. The minimum Gasteiger partial charge on any atom is -0.493 e. The smallest absolute Gasteiger partial charge is 0.225 e. The van der Waals surface area contributed by atoms with Gasteiger partial charge in [-0.3, -0.25) is 9.59 Å². The molecule has 0 aromatic heterocycles. The van der Waals surface area contributed by atoms with Gasteiger partial charge in [-0.1, -0.05) is 30.3 Å². The molecule has 0 saturated carbocycles. The van der Waals surface area contributed by atoms with E-state index >= 15 is 0 Å². The van der Waals surface area contributed by atoms with E-state index in [0.29, 0.717) is 35.7 Å². The highest BCUT2D eigenvalue weighted by molar-refractivity contribution is 6.02. The van der Waals surface area contributed by atoms with Crippen molar-refractivity contribution in [1.82, 2.24) is 5.32 Å². The topological polar surface area (TPSA) is 73.9 Å². The predicted molar refractivity (Wildman–Crippen MR) is 112 cm³/mol. The summed E-state index contributed by atoms with van der Waals surface area (Å²) < 4.78 is 16.3. The molecule has 1 aliphatic heterocycles. The Kier molecular flexibility index (Phi) is 5.48. The third kappa shape index (κ3) is 3.54. The number of allylic oxidation sites excluding steroid dienone is 2. The van der Waals surface area contributed by atoms with Gasteiger partial charge in [0.25, 0.3) is 0 Å². The molecule has 1 aliphatic carbocycles. The number of carbonyl (C=O) groups is 2. The molecule has 0 saturated heterocycles.